The number of rotatable bonds is 1. The minimum Gasteiger partial charge on any atom is -0.109 e. The molecule has 5 rings (SSSR count). The summed E-state index contributed by atoms with van der Waals surface area (Å²) in [5.74, 6) is 1.35. The van der Waals surface area contributed by atoms with Crippen molar-refractivity contribution >= 4 is 69.6 Å². The molecule has 3 fully saturated rings. The Morgan fingerprint density at radius 1 is 0.792 bits per heavy atom. The lowest BCUT2D eigenvalue weighted by Gasteiger charge is -2.42. The molecule has 0 heterocycles. The molecule has 4 bridgehead atoms. The van der Waals surface area contributed by atoms with Crippen LogP contribution in [0.2, 0.25) is 0 Å². The van der Waals surface area contributed by atoms with Gasteiger partial charge in [0.1, 0.15) is 9.75 Å². The summed E-state index contributed by atoms with van der Waals surface area (Å²) in [4.78, 5) is -2.18. The summed E-state index contributed by atoms with van der Waals surface area (Å²) in [7, 11) is 0. The van der Waals surface area contributed by atoms with E-state index >= 15 is 0 Å². The van der Waals surface area contributed by atoms with Crippen molar-refractivity contribution in [2.45, 2.75) is 32.8 Å². The van der Waals surface area contributed by atoms with Crippen molar-refractivity contribution in [3.8, 4) is 0 Å². The average Bonchev–Trinajstić information content (AvgIpc) is 3.22. The van der Waals surface area contributed by atoms with E-state index in [1.807, 2.05) is 6.07 Å². The molecule has 4 aliphatic carbocycles. The molecule has 0 aliphatic heterocycles. The molecule has 128 valence electrons. The Morgan fingerprint density at radius 3 is 2.00 bits per heavy atom. The highest BCUT2D eigenvalue weighted by Crippen LogP contribution is 2.83. The van der Waals surface area contributed by atoms with Gasteiger partial charge in [-0.1, -0.05) is 76.7 Å². The lowest BCUT2D eigenvalue weighted by atomic mass is 9.67. The number of benzene rings is 1. The molecule has 24 heavy (non-hydrogen) atoms. The Bertz CT molecular complexity index is 758. The van der Waals surface area contributed by atoms with Gasteiger partial charge in [0.25, 0.3) is 0 Å². The molecule has 7 unspecified atom stereocenters. The molecule has 0 radical (unpaired) electrons. The van der Waals surface area contributed by atoms with Crippen molar-refractivity contribution in [2.75, 3.05) is 0 Å². The first kappa shape index (κ1) is 16.8. The fourth-order valence-electron chi connectivity index (χ4n) is 6.13. The van der Waals surface area contributed by atoms with E-state index < -0.39 is 14.1 Å². The third-order valence-corrected chi connectivity index (χ3v) is 11.2. The highest BCUT2D eigenvalue weighted by molar-refractivity contribution is 6.65. The van der Waals surface area contributed by atoms with E-state index in [1.54, 1.807) is 0 Å². The zero-order valence-corrected chi connectivity index (χ0v) is 17.0. The van der Waals surface area contributed by atoms with Crippen LogP contribution in [0.25, 0.3) is 0 Å². The van der Waals surface area contributed by atoms with Gasteiger partial charge in [-0.15, -0.1) is 23.2 Å². The zero-order chi connectivity index (χ0) is 17.1. The molecule has 7 atom stereocenters. The van der Waals surface area contributed by atoms with Crippen molar-refractivity contribution in [1.29, 1.82) is 0 Å². The van der Waals surface area contributed by atoms with E-state index in [9.17, 15) is 0 Å². The molecule has 0 aromatic heterocycles. The first-order chi connectivity index (χ1) is 11.3. The van der Waals surface area contributed by atoms with Crippen LogP contribution in [-0.2, 0) is 0 Å². The molecule has 1 aromatic rings. The Hall–Kier alpha value is 0.700. The molecule has 1 aromatic carbocycles. The molecule has 6 heteroatoms. The van der Waals surface area contributed by atoms with Crippen LogP contribution in [0.4, 0.5) is 0 Å². The second kappa shape index (κ2) is 4.94. The highest BCUT2D eigenvalue weighted by atomic mass is 35.5. The minimum absolute atomic E-state index is 0.0469. The van der Waals surface area contributed by atoms with E-state index in [2.05, 4.69) is 24.3 Å². The fourth-order valence-corrected chi connectivity index (χ4v) is 9.28. The summed E-state index contributed by atoms with van der Waals surface area (Å²) in [5, 5.41) is 0.683. The molecule has 3 saturated carbocycles. The Balaban J connectivity index is 1.65. The van der Waals surface area contributed by atoms with E-state index in [4.69, 9.17) is 69.6 Å². The Morgan fingerprint density at radius 2 is 1.38 bits per heavy atom. The standard InChI is InChI=1S/C18H14Cl6/c19-14-15(20)17(22)13-11-7-9(12(13)16(14,21)18(17,23)24)6-10(11)8-4-2-1-3-5-8/h1-5,9-13H,6-7H2. The summed E-state index contributed by atoms with van der Waals surface area (Å²) in [6, 6.07) is 10.6. The maximum Gasteiger partial charge on any atom is 0.166 e. The number of fused-ring (bicyclic) bond motifs is 9. The van der Waals surface area contributed by atoms with Crippen molar-refractivity contribution < 1.29 is 0 Å². The summed E-state index contributed by atoms with van der Waals surface area (Å²) < 4.78 is -1.39. The van der Waals surface area contributed by atoms with Gasteiger partial charge in [-0.3, -0.25) is 0 Å². The second-order valence-corrected chi connectivity index (χ2v) is 10.9. The predicted octanol–water partition coefficient (Wildman–Crippen LogP) is 6.89. The number of hydrogen-bond donors (Lipinski definition) is 0. The van der Waals surface area contributed by atoms with Crippen LogP contribution in [0.15, 0.2) is 40.4 Å². The van der Waals surface area contributed by atoms with Gasteiger partial charge in [-0.05, 0) is 48.0 Å². The van der Waals surface area contributed by atoms with Crippen LogP contribution in [0.5, 0.6) is 0 Å². The smallest absolute Gasteiger partial charge is 0.109 e. The van der Waals surface area contributed by atoms with E-state index in [-0.39, 0.29) is 11.8 Å². The Kier molecular flexibility index (Phi) is 3.47. The van der Waals surface area contributed by atoms with Gasteiger partial charge in [-0.25, -0.2) is 0 Å². The van der Waals surface area contributed by atoms with Crippen molar-refractivity contribution in [2.24, 2.45) is 23.7 Å². The largest absolute Gasteiger partial charge is 0.166 e. The quantitative estimate of drug-likeness (QED) is 0.328. The summed E-state index contributed by atoms with van der Waals surface area (Å²) in [5.41, 5.74) is 1.34. The molecular weight excluding hydrogens is 429 g/mol. The third kappa shape index (κ3) is 1.56. The van der Waals surface area contributed by atoms with E-state index in [0.717, 1.165) is 12.8 Å². The SMILES string of the molecule is ClC1=C(Cl)C2(Cl)C3C4CC(CC4c4ccccc4)C3C1(Cl)C2(Cl)Cl. The molecular formula is C18H14Cl6. The summed E-state index contributed by atoms with van der Waals surface area (Å²) >= 11 is 40.6. The zero-order valence-electron chi connectivity index (χ0n) is 12.5. The van der Waals surface area contributed by atoms with Crippen molar-refractivity contribution in [3.63, 3.8) is 0 Å². The second-order valence-electron chi connectivity index (χ2n) is 7.59. The van der Waals surface area contributed by atoms with Crippen LogP contribution >= 0.6 is 69.6 Å². The van der Waals surface area contributed by atoms with Crippen molar-refractivity contribution in [3.05, 3.63) is 46.0 Å². The highest BCUT2D eigenvalue weighted by Gasteiger charge is 2.86. The van der Waals surface area contributed by atoms with Gasteiger partial charge in [0.15, 0.2) is 4.33 Å². The predicted molar refractivity (Wildman–Crippen MR) is 103 cm³/mol. The number of halogens is 6. The van der Waals surface area contributed by atoms with Gasteiger partial charge in [-0.2, -0.15) is 0 Å². The molecule has 4 aliphatic rings. The number of allylic oxidation sites excluding steroid dienone is 2. The topological polar surface area (TPSA) is 0 Å². The normalized spacial score (nSPS) is 50.7. The van der Waals surface area contributed by atoms with Gasteiger partial charge in [0.2, 0.25) is 0 Å². The van der Waals surface area contributed by atoms with Gasteiger partial charge >= 0.3 is 0 Å². The molecule has 0 spiro atoms. The van der Waals surface area contributed by atoms with Crippen LogP contribution in [0.3, 0.4) is 0 Å². The molecule has 0 N–H and O–H groups in total. The maximum atomic E-state index is 7.05. The van der Waals surface area contributed by atoms with Crippen molar-refractivity contribution in [1.82, 2.24) is 0 Å². The first-order valence-electron chi connectivity index (χ1n) is 8.13. The van der Waals surface area contributed by atoms with E-state index in [0.29, 0.717) is 27.8 Å². The lowest BCUT2D eigenvalue weighted by molar-refractivity contribution is 0.196. The first-order valence-corrected chi connectivity index (χ1v) is 10.4. The van der Waals surface area contributed by atoms with E-state index in [1.165, 1.54) is 5.56 Å². The van der Waals surface area contributed by atoms with Crippen LogP contribution in [-0.4, -0.2) is 14.1 Å². The Labute approximate surface area is 171 Å². The van der Waals surface area contributed by atoms with Gasteiger partial charge < -0.3 is 0 Å². The number of alkyl halides is 4. The fraction of sp³-hybridized carbons (Fsp3) is 0.556. The van der Waals surface area contributed by atoms with Crippen LogP contribution < -0.4 is 0 Å². The minimum atomic E-state index is -1.39. The summed E-state index contributed by atoms with van der Waals surface area (Å²) in [6.45, 7) is 0. The molecule has 0 saturated heterocycles. The monoisotopic (exact) mass is 440 g/mol. The third-order valence-electron chi connectivity index (χ3n) is 6.90. The summed E-state index contributed by atoms with van der Waals surface area (Å²) in [6.07, 6.45) is 2.15. The maximum absolute atomic E-state index is 7.05. The number of hydrogen-bond acceptors (Lipinski definition) is 0. The molecule has 0 nitrogen and oxygen atoms in total. The van der Waals surface area contributed by atoms with Gasteiger partial charge in [0, 0.05) is 0 Å². The van der Waals surface area contributed by atoms with Crippen LogP contribution in [0.1, 0.15) is 24.3 Å². The van der Waals surface area contributed by atoms with Gasteiger partial charge in [0.05, 0.1) is 10.1 Å². The molecule has 0 amide bonds. The van der Waals surface area contributed by atoms with Crippen LogP contribution in [0, 0.1) is 23.7 Å². The average molecular weight is 443 g/mol. The lowest BCUT2D eigenvalue weighted by Crippen LogP contribution is -2.46.